The Labute approximate surface area is 115 Å². The molecule has 100 valence electrons. The molecule has 0 amide bonds. The molecule has 1 aromatic heterocycles. The lowest BCUT2D eigenvalue weighted by Crippen LogP contribution is -1.93. The van der Waals surface area contributed by atoms with Gasteiger partial charge in [0.15, 0.2) is 11.6 Å². The summed E-state index contributed by atoms with van der Waals surface area (Å²) in [6.07, 6.45) is 5.52. The number of benzene rings is 2. The minimum atomic E-state index is -0.873. The third-order valence-corrected chi connectivity index (χ3v) is 3.08. The summed E-state index contributed by atoms with van der Waals surface area (Å²) >= 11 is 0. The largest absolute Gasteiger partial charge is 0.327 e. The molecule has 3 rings (SSSR count). The molecule has 0 spiro atoms. The van der Waals surface area contributed by atoms with Crippen molar-refractivity contribution in [3.05, 3.63) is 72.1 Å². The molecule has 0 saturated carbocycles. The number of aromatic nitrogens is 2. The minimum Gasteiger partial charge on any atom is -0.327 e. The highest BCUT2D eigenvalue weighted by molar-refractivity contribution is 5.75. The molecule has 20 heavy (non-hydrogen) atoms. The molecule has 0 aliphatic rings. The monoisotopic (exact) mass is 270 g/mol. The van der Waals surface area contributed by atoms with Gasteiger partial charge in [-0.3, -0.25) is 0 Å². The second-order valence-electron chi connectivity index (χ2n) is 4.47. The van der Waals surface area contributed by atoms with Gasteiger partial charge in [0.25, 0.3) is 0 Å². The number of imidazole rings is 1. The summed E-state index contributed by atoms with van der Waals surface area (Å²) in [6, 6.07) is 12.2. The average Bonchev–Trinajstić information content (AvgIpc) is 2.83. The first-order valence-corrected chi connectivity index (χ1v) is 6.25. The van der Waals surface area contributed by atoms with Crippen LogP contribution < -0.4 is 0 Å². The van der Waals surface area contributed by atoms with Crippen LogP contribution in [0.5, 0.6) is 0 Å². The molecule has 3 aromatic rings. The topological polar surface area (TPSA) is 17.8 Å². The molecular formula is C16H12F2N2. The van der Waals surface area contributed by atoms with Crippen molar-refractivity contribution in [1.82, 2.24) is 9.55 Å². The smallest absolute Gasteiger partial charge is 0.161 e. The molecule has 0 radical (unpaired) electrons. The molecule has 0 N–H and O–H groups in total. The van der Waals surface area contributed by atoms with Gasteiger partial charge in [-0.25, -0.2) is 13.8 Å². The first-order valence-electron chi connectivity index (χ1n) is 6.25. The van der Waals surface area contributed by atoms with E-state index in [0.717, 1.165) is 11.6 Å². The third kappa shape index (κ3) is 2.45. The highest BCUT2D eigenvalue weighted by Crippen LogP contribution is 2.17. The predicted octanol–water partition coefficient (Wildman–Crippen LogP) is 4.03. The zero-order valence-corrected chi connectivity index (χ0v) is 10.6. The fourth-order valence-electron chi connectivity index (χ4n) is 2.07. The van der Waals surface area contributed by atoms with E-state index in [2.05, 4.69) is 4.98 Å². The first kappa shape index (κ1) is 12.5. The zero-order valence-electron chi connectivity index (χ0n) is 10.6. The summed E-state index contributed by atoms with van der Waals surface area (Å²) in [6.45, 7) is 0.552. The van der Waals surface area contributed by atoms with E-state index in [9.17, 15) is 8.78 Å². The summed E-state index contributed by atoms with van der Waals surface area (Å²) < 4.78 is 28.1. The van der Waals surface area contributed by atoms with Gasteiger partial charge in [-0.2, -0.15) is 0 Å². The van der Waals surface area contributed by atoms with Crippen molar-refractivity contribution < 1.29 is 8.78 Å². The summed E-state index contributed by atoms with van der Waals surface area (Å²) in [5.74, 6) is -1.73. The highest BCUT2D eigenvalue weighted by atomic mass is 19.2. The van der Waals surface area contributed by atoms with Gasteiger partial charge in [0.05, 0.1) is 17.4 Å². The van der Waals surface area contributed by atoms with Crippen molar-refractivity contribution in [1.29, 1.82) is 0 Å². The summed E-state index contributed by atoms with van der Waals surface area (Å²) in [5, 5.41) is 0. The molecule has 0 aliphatic carbocycles. The van der Waals surface area contributed by atoms with Gasteiger partial charge >= 0.3 is 0 Å². The maximum absolute atomic E-state index is 13.3. The van der Waals surface area contributed by atoms with E-state index in [1.54, 1.807) is 10.9 Å². The van der Waals surface area contributed by atoms with Gasteiger partial charge in [-0.05, 0) is 5.56 Å². The van der Waals surface area contributed by atoms with Crippen LogP contribution in [0, 0.1) is 11.6 Å². The molecule has 0 fully saturated rings. The lowest BCUT2D eigenvalue weighted by molar-refractivity contribution is 0.510. The third-order valence-electron chi connectivity index (χ3n) is 3.08. The molecule has 0 unspecified atom stereocenters. The maximum Gasteiger partial charge on any atom is 0.161 e. The number of hydrogen-bond donors (Lipinski definition) is 0. The Bertz CT molecular complexity index is 761. The van der Waals surface area contributed by atoms with Crippen molar-refractivity contribution in [2.45, 2.75) is 6.54 Å². The second kappa shape index (κ2) is 5.25. The predicted molar refractivity (Wildman–Crippen MR) is 75.1 cm³/mol. The number of allylic oxidation sites excluding steroid dienone is 1. The van der Waals surface area contributed by atoms with Crippen LogP contribution in [0.25, 0.3) is 17.1 Å². The van der Waals surface area contributed by atoms with E-state index in [0.29, 0.717) is 17.6 Å². The standard InChI is InChI=1S/C16H12F2N2/c17-13-9-15-16(10-14(13)18)20(11-19-15)8-4-7-12-5-2-1-3-6-12/h1-7,9-11H,8H2/b7-4-. The Hall–Kier alpha value is -2.49. The van der Waals surface area contributed by atoms with Crippen LogP contribution in [0.3, 0.4) is 0 Å². The summed E-state index contributed by atoms with van der Waals surface area (Å²) in [4.78, 5) is 4.07. The summed E-state index contributed by atoms with van der Waals surface area (Å²) in [5.41, 5.74) is 2.13. The lowest BCUT2D eigenvalue weighted by Gasteiger charge is -2.00. The van der Waals surface area contributed by atoms with E-state index in [1.165, 1.54) is 6.07 Å². The Morgan fingerprint density at radius 3 is 2.60 bits per heavy atom. The van der Waals surface area contributed by atoms with Gasteiger partial charge in [-0.1, -0.05) is 42.5 Å². The normalized spacial score (nSPS) is 11.5. The number of rotatable bonds is 3. The quantitative estimate of drug-likeness (QED) is 0.702. The number of fused-ring (bicyclic) bond motifs is 1. The van der Waals surface area contributed by atoms with Crippen LogP contribution in [-0.4, -0.2) is 9.55 Å². The molecule has 2 nitrogen and oxygen atoms in total. The van der Waals surface area contributed by atoms with Gasteiger partial charge in [0.2, 0.25) is 0 Å². The van der Waals surface area contributed by atoms with Gasteiger partial charge in [0.1, 0.15) is 0 Å². The van der Waals surface area contributed by atoms with Gasteiger partial charge in [-0.15, -0.1) is 0 Å². The zero-order chi connectivity index (χ0) is 13.9. The van der Waals surface area contributed by atoms with E-state index in [4.69, 9.17) is 0 Å². The molecular weight excluding hydrogens is 258 g/mol. The summed E-state index contributed by atoms with van der Waals surface area (Å²) in [7, 11) is 0. The van der Waals surface area contributed by atoms with Crippen molar-refractivity contribution in [2.75, 3.05) is 0 Å². The Balaban J connectivity index is 1.85. The second-order valence-corrected chi connectivity index (χ2v) is 4.47. The van der Waals surface area contributed by atoms with Crippen LogP contribution in [0.15, 0.2) is 54.9 Å². The fourth-order valence-corrected chi connectivity index (χ4v) is 2.07. The first-order chi connectivity index (χ1) is 9.74. The van der Waals surface area contributed by atoms with Crippen LogP contribution in [0.4, 0.5) is 8.78 Å². The maximum atomic E-state index is 13.3. The number of hydrogen-bond acceptors (Lipinski definition) is 1. The number of nitrogens with zero attached hydrogens (tertiary/aromatic N) is 2. The minimum absolute atomic E-state index is 0.456. The average molecular weight is 270 g/mol. The van der Waals surface area contributed by atoms with Crippen LogP contribution in [0.1, 0.15) is 5.56 Å². The van der Waals surface area contributed by atoms with Crippen molar-refractivity contribution >= 4 is 17.1 Å². The fraction of sp³-hybridized carbons (Fsp3) is 0.0625. The number of halogens is 2. The van der Waals surface area contributed by atoms with Crippen LogP contribution >= 0.6 is 0 Å². The van der Waals surface area contributed by atoms with E-state index in [1.807, 2.05) is 42.5 Å². The van der Waals surface area contributed by atoms with Crippen LogP contribution in [0.2, 0.25) is 0 Å². The van der Waals surface area contributed by atoms with Crippen molar-refractivity contribution in [3.63, 3.8) is 0 Å². The van der Waals surface area contributed by atoms with E-state index >= 15 is 0 Å². The Morgan fingerprint density at radius 2 is 1.80 bits per heavy atom. The van der Waals surface area contributed by atoms with Gasteiger partial charge < -0.3 is 4.57 Å². The molecule has 0 saturated heterocycles. The molecule has 0 aliphatic heterocycles. The highest BCUT2D eigenvalue weighted by Gasteiger charge is 2.08. The van der Waals surface area contributed by atoms with E-state index in [-0.39, 0.29) is 0 Å². The van der Waals surface area contributed by atoms with E-state index < -0.39 is 11.6 Å². The molecule has 0 atom stereocenters. The van der Waals surface area contributed by atoms with Crippen molar-refractivity contribution in [2.24, 2.45) is 0 Å². The molecule has 4 heteroatoms. The lowest BCUT2D eigenvalue weighted by atomic mass is 10.2. The molecule has 0 bridgehead atoms. The van der Waals surface area contributed by atoms with Crippen molar-refractivity contribution in [3.8, 4) is 0 Å². The molecule has 2 aromatic carbocycles. The Kier molecular flexibility index (Phi) is 3.29. The molecule has 1 heterocycles. The SMILES string of the molecule is Fc1cc2ncn(C/C=C\c3ccccc3)c2cc1F. The van der Waals surface area contributed by atoms with Gasteiger partial charge in [0, 0.05) is 18.7 Å². The van der Waals surface area contributed by atoms with Crippen LogP contribution in [-0.2, 0) is 6.54 Å². The Morgan fingerprint density at radius 1 is 1.05 bits per heavy atom.